The van der Waals surface area contributed by atoms with Gasteiger partial charge in [-0.3, -0.25) is 9.79 Å². The van der Waals surface area contributed by atoms with E-state index in [1.807, 2.05) is 6.92 Å². The van der Waals surface area contributed by atoms with E-state index in [9.17, 15) is 9.36 Å². The molecule has 0 spiro atoms. The van der Waals surface area contributed by atoms with Crippen molar-refractivity contribution in [3.8, 4) is 0 Å². The van der Waals surface area contributed by atoms with Crippen molar-refractivity contribution in [1.82, 2.24) is 0 Å². The van der Waals surface area contributed by atoms with Gasteiger partial charge in [0.2, 0.25) is 0 Å². The van der Waals surface area contributed by atoms with Crippen LogP contribution in [-0.2, 0) is 13.9 Å². The van der Waals surface area contributed by atoms with Gasteiger partial charge in [0.15, 0.2) is 0 Å². The van der Waals surface area contributed by atoms with Crippen LogP contribution in [0.3, 0.4) is 0 Å². The molecule has 0 aliphatic rings. The standard InChI is InChI=1S/C7H16NO5P/c1-2-3-4-5-6(8)7(9)13-14(10,11)12/h6H,2-5,8H2,1H3,(H2,10,11,12). The van der Waals surface area contributed by atoms with Gasteiger partial charge in [0.05, 0.1) is 0 Å². The average Bonchev–Trinajstić information content (AvgIpc) is 2.01. The van der Waals surface area contributed by atoms with E-state index in [1.54, 1.807) is 0 Å². The second-order valence-electron chi connectivity index (χ2n) is 3.00. The highest BCUT2D eigenvalue weighted by Gasteiger charge is 2.24. The Balaban J connectivity index is 3.82. The maximum atomic E-state index is 10.9. The van der Waals surface area contributed by atoms with Crippen LogP contribution < -0.4 is 5.73 Å². The summed E-state index contributed by atoms with van der Waals surface area (Å²) >= 11 is 0. The zero-order valence-corrected chi connectivity index (χ0v) is 8.94. The maximum Gasteiger partial charge on any atom is 0.527 e. The molecule has 0 aliphatic heterocycles. The van der Waals surface area contributed by atoms with Crippen molar-refractivity contribution in [2.45, 2.75) is 38.6 Å². The van der Waals surface area contributed by atoms with Crippen LogP contribution in [0.4, 0.5) is 0 Å². The minimum absolute atomic E-state index is 0.382. The number of hydrogen-bond donors (Lipinski definition) is 3. The third-order valence-corrected chi connectivity index (χ3v) is 2.05. The van der Waals surface area contributed by atoms with Crippen LogP contribution in [0.5, 0.6) is 0 Å². The lowest BCUT2D eigenvalue weighted by Crippen LogP contribution is -2.31. The van der Waals surface area contributed by atoms with E-state index in [0.29, 0.717) is 6.42 Å². The van der Waals surface area contributed by atoms with E-state index in [0.717, 1.165) is 19.3 Å². The van der Waals surface area contributed by atoms with Crippen LogP contribution in [0.15, 0.2) is 0 Å². The zero-order valence-electron chi connectivity index (χ0n) is 8.05. The van der Waals surface area contributed by atoms with Gasteiger partial charge in [-0.25, -0.2) is 9.36 Å². The fourth-order valence-corrected chi connectivity index (χ4v) is 1.29. The fraction of sp³-hybridized carbons (Fsp3) is 0.857. The molecule has 0 saturated carbocycles. The molecule has 14 heavy (non-hydrogen) atoms. The quantitative estimate of drug-likeness (QED) is 0.449. The Bertz CT molecular complexity index is 226. The fourth-order valence-electron chi connectivity index (χ4n) is 0.917. The molecular weight excluding hydrogens is 209 g/mol. The predicted octanol–water partition coefficient (Wildman–Crippen LogP) is 0.530. The SMILES string of the molecule is CCCCCC(N)C(=O)OP(=O)(O)O. The molecule has 0 saturated heterocycles. The summed E-state index contributed by atoms with van der Waals surface area (Å²) in [5, 5.41) is 0. The maximum absolute atomic E-state index is 10.9. The third-order valence-electron chi connectivity index (χ3n) is 1.63. The van der Waals surface area contributed by atoms with Gasteiger partial charge < -0.3 is 10.3 Å². The first-order chi connectivity index (χ1) is 6.37. The first kappa shape index (κ1) is 13.6. The number of phosphoric acid groups is 1. The van der Waals surface area contributed by atoms with Gasteiger partial charge in [-0.2, -0.15) is 0 Å². The smallest absolute Gasteiger partial charge is 0.369 e. The van der Waals surface area contributed by atoms with Crippen molar-refractivity contribution in [3.05, 3.63) is 0 Å². The lowest BCUT2D eigenvalue weighted by atomic mass is 10.1. The molecule has 0 aliphatic carbocycles. The molecule has 1 unspecified atom stereocenters. The Kier molecular flexibility index (Phi) is 5.95. The molecule has 0 aromatic heterocycles. The van der Waals surface area contributed by atoms with E-state index in [1.165, 1.54) is 0 Å². The van der Waals surface area contributed by atoms with Crippen molar-refractivity contribution >= 4 is 13.8 Å². The molecule has 4 N–H and O–H groups in total. The number of phosphoric ester groups is 1. The Morgan fingerprint density at radius 3 is 2.50 bits per heavy atom. The monoisotopic (exact) mass is 225 g/mol. The lowest BCUT2D eigenvalue weighted by Gasteiger charge is -2.10. The van der Waals surface area contributed by atoms with Crippen molar-refractivity contribution in [1.29, 1.82) is 0 Å². The van der Waals surface area contributed by atoms with E-state index in [4.69, 9.17) is 15.5 Å². The summed E-state index contributed by atoms with van der Waals surface area (Å²) in [6, 6.07) is -0.950. The second-order valence-corrected chi connectivity index (χ2v) is 4.17. The molecule has 0 heterocycles. The van der Waals surface area contributed by atoms with Gasteiger partial charge in [0.25, 0.3) is 0 Å². The predicted molar refractivity (Wildman–Crippen MR) is 50.3 cm³/mol. The van der Waals surface area contributed by atoms with Crippen LogP contribution >= 0.6 is 7.82 Å². The molecule has 0 aromatic carbocycles. The molecule has 6 nitrogen and oxygen atoms in total. The Labute approximate surface area is 82.7 Å². The number of nitrogens with two attached hydrogens (primary N) is 1. The minimum atomic E-state index is -4.74. The Morgan fingerprint density at radius 1 is 1.50 bits per heavy atom. The highest BCUT2D eigenvalue weighted by molar-refractivity contribution is 7.46. The Hall–Kier alpha value is -0.420. The highest BCUT2D eigenvalue weighted by atomic mass is 31.2. The van der Waals surface area contributed by atoms with Crippen molar-refractivity contribution in [2.75, 3.05) is 0 Å². The summed E-state index contributed by atoms with van der Waals surface area (Å²) in [7, 11) is -4.74. The van der Waals surface area contributed by atoms with Crippen LogP contribution in [0, 0.1) is 0 Å². The van der Waals surface area contributed by atoms with Gasteiger partial charge in [-0.05, 0) is 6.42 Å². The molecule has 0 fully saturated rings. The summed E-state index contributed by atoms with van der Waals surface area (Å²) in [6.45, 7) is 2.00. The first-order valence-electron chi connectivity index (χ1n) is 4.41. The molecular formula is C7H16NO5P. The first-order valence-corrected chi connectivity index (χ1v) is 5.94. The number of carbonyl (C=O) groups is 1. The molecule has 1 atom stereocenters. The molecule has 0 aromatic rings. The topological polar surface area (TPSA) is 110 Å². The number of hydrogen-bond acceptors (Lipinski definition) is 4. The molecule has 7 heteroatoms. The highest BCUT2D eigenvalue weighted by Crippen LogP contribution is 2.36. The largest absolute Gasteiger partial charge is 0.527 e. The number of carbonyl (C=O) groups excluding carboxylic acids is 1. The summed E-state index contributed by atoms with van der Waals surface area (Å²) in [4.78, 5) is 27.6. The minimum Gasteiger partial charge on any atom is -0.369 e. The van der Waals surface area contributed by atoms with Gasteiger partial charge in [0.1, 0.15) is 6.04 Å². The summed E-state index contributed by atoms with van der Waals surface area (Å²) in [5.74, 6) is -1.05. The van der Waals surface area contributed by atoms with Crippen molar-refractivity contribution in [3.63, 3.8) is 0 Å². The normalized spacial score (nSPS) is 13.7. The van der Waals surface area contributed by atoms with E-state index in [-0.39, 0.29) is 0 Å². The van der Waals surface area contributed by atoms with E-state index >= 15 is 0 Å². The van der Waals surface area contributed by atoms with Gasteiger partial charge in [-0.1, -0.05) is 26.2 Å². The summed E-state index contributed by atoms with van der Waals surface area (Å²) < 4.78 is 14.1. The molecule has 0 amide bonds. The third kappa shape index (κ3) is 7.03. The van der Waals surface area contributed by atoms with E-state index in [2.05, 4.69) is 4.52 Å². The number of rotatable bonds is 6. The van der Waals surface area contributed by atoms with E-state index < -0.39 is 19.8 Å². The van der Waals surface area contributed by atoms with Crippen LogP contribution in [0.2, 0.25) is 0 Å². The van der Waals surface area contributed by atoms with Crippen LogP contribution in [0.1, 0.15) is 32.6 Å². The van der Waals surface area contributed by atoms with Crippen LogP contribution in [0.25, 0.3) is 0 Å². The lowest BCUT2D eigenvalue weighted by molar-refractivity contribution is -0.137. The molecule has 0 radical (unpaired) electrons. The Morgan fingerprint density at radius 2 is 2.07 bits per heavy atom. The molecule has 84 valence electrons. The van der Waals surface area contributed by atoms with Crippen molar-refractivity contribution < 1.29 is 23.7 Å². The zero-order chi connectivity index (χ0) is 11.2. The number of unbranched alkanes of at least 4 members (excludes halogenated alkanes) is 2. The molecule has 0 bridgehead atoms. The second kappa shape index (κ2) is 6.14. The average molecular weight is 225 g/mol. The summed E-state index contributed by atoms with van der Waals surface area (Å²) in [5.41, 5.74) is 5.35. The summed E-state index contributed by atoms with van der Waals surface area (Å²) in [6.07, 6.45) is 3.04. The van der Waals surface area contributed by atoms with Crippen molar-refractivity contribution in [2.24, 2.45) is 5.73 Å². The van der Waals surface area contributed by atoms with Crippen LogP contribution in [-0.4, -0.2) is 21.8 Å². The molecule has 0 rings (SSSR count). The van der Waals surface area contributed by atoms with Gasteiger partial charge in [-0.15, -0.1) is 0 Å². The van der Waals surface area contributed by atoms with Gasteiger partial charge in [0, 0.05) is 0 Å². The van der Waals surface area contributed by atoms with Gasteiger partial charge >= 0.3 is 13.8 Å².